The molecular formula is C19H24FN3O2. The van der Waals surface area contributed by atoms with Crippen LogP contribution in [0, 0.1) is 11.7 Å². The van der Waals surface area contributed by atoms with Gasteiger partial charge in [0.2, 0.25) is 0 Å². The molecule has 1 saturated heterocycles. The summed E-state index contributed by atoms with van der Waals surface area (Å²) in [6.45, 7) is 3.25. The Morgan fingerprint density at radius 3 is 3.04 bits per heavy atom. The number of carbonyl (C=O) groups is 1. The number of carbonyl (C=O) groups excluding carboxylic acids is 1. The number of methoxy groups -OCH3 is 1. The van der Waals surface area contributed by atoms with Crippen molar-refractivity contribution >= 4 is 5.91 Å². The predicted molar refractivity (Wildman–Crippen MR) is 92.9 cm³/mol. The van der Waals surface area contributed by atoms with E-state index in [1.807, 2.05) is 17.9 Å². The number of aromatic nitrogens is 2. The maximum atomic E-state index is 13.5. The molecule has 0 radical (unpaired) electrons. The highest BCUT2D eigenvalue weighted by molar-refractivity contribution is 5.95. The summed E-state index contributed by atoms with van der Waals surface area (Å²) >= 11 is 0. The number of ether oxygens (including phenoxy) is 1. The highest BCUT2D eigenvalue weighted by Gasteiger charge is 2.32. The number of halogens is 1. The fourth-order valence-electron chi connectivity index (χ4n) is 3.61. The van der Waals surface area contributed by atoms with Crippen LogP contribution in [0.4, 0.5) is 4.39 Å². The van der Waals surface area contributed by atoms with E-state index in [1.54, 1.807) is 25.4 Å². The fourth-order valence-corrected chi connectivity index (χ4v) is 3.61. The van der Waals surface area contributed by atoms with Gasteiger partial charge < -0.3 is 9.64 Å². The van der Waals surface area contributed by atoms with Gasteiger partial charge in [0.15, 0.2) is 0 Å². The van der Waals surface area contributed by atoms with Crippen molar-refractivity contribution < 1.29 is 13.9 Å². The summed E-state index contributed by atoms with van der Waals surface area (Å²) in [4.78, 5) is 14.7. The summed E-state index contributed by atoms with van der Waals surface area (Å²) in [6, 6.07) is 6.64. The second-order valence-electron chi connectivity index (χ2n) is 6.52. The van der Waals surface area contributed by atoms with Crippen molar-refractivity contribution in [1.82, 2.24) is 15.1 Å². The normalized spacial score (nSPS) is 20.7. The zero-order valence-electron chi connectivity index (χ0n) is 14.7. The second kappa shape index (κ2) is 7.78. The molecule has 2 heterocycles. The lowest BCUT2D eigenvalue weighted by molar-refractivity contribution is -0.00304. The minimum Gasteiger partial charge on any atom is -0.381 e. The number of rotatable bonds is 5. The third-order valence-electron chi connectivity index (χ3n) is 4.94. The zero-order valence-corrected chi connectivity index (χ0v) is 14.7. The molecule has 1 aromatic carbocycles. The molecular weight excluding hydrogens is 321 g/mol. The number of piperidine rings is 1. The number of aromatic amines is 1. The maximum absolute atomic E-state index is 13.5. The Kier molecular flexibility index (Phi) is 5.48. The predicted octanol–water partition coefficient (Wildman–Crippen LogP) is 2.83. The van der Waals surface area contributed by atoms with Crippen molar-refractivity contribution in [3.63, 3.8) is 0 Å². The number of nitrogens with one attached hydrogen (secondary N) is 1. The first kappa shape index (κ1) is 17.6. The Balaban J connectivity index is 1.75. The summed E-state index contributed by atoms with van der Waals surface area (Å²) < 4.78 is 19.1. The molecule has 2 atom stereocenters. The van der Waals surface area contributed by atoms with E-state index in [9.17, 15) is 9.18 Å². The van der Waals surface area contributed by atoms with Gasteiger partial charge in [-0.05, 0) is 37.0 Å². The van der Waals surface area contributed by atoms with Crippen molar-refractivity contribution in [3.05, 3.63) is 53.1 Å². The fraction of sp³-hybridized carbons (Fsp3) is 0.474. The average Bonchev–Trinajstić information content (AvgIpc) is 3.10. The molecule has 5 nitrogen and oxygen atoms in total. The van der Waals surface area contributed by atoms with E-state index in [0.717, 1.165) is 24.1 Å². The van der Waals surface area contributed by atoms with E-state index in [-0.39, 0.29) is 23.7 Å². The first-order valence-corrected chi connectivity index (χ1v) is 8.71. The first-order valence-electron chi connectivity index (χ1n) is 8.71. The van der Waals surface area contributed by atoms with Gasteiger partial charge in [-0.25, -0.2) is 4.39 Å². The lowest BCUT2D eigenvalue weighted by Crippen LogP contribution is -2.47. The van der Waals surface area contributed by atoms with Gasteiger partial charge in [-0.15, -0.1) is 0 Å². The van der Waals surface area contributed by atoms with Crippen LogP contribution in [0.5, 0.6) is 0 Å². The SMILES string of the molecule is CCc1[nH]ncc1C(=O)N1CC[C@H](OC)[C@H](Cc2cccc(F)c2)C1. The molecule has 0 spiro atoms. The van der Waals surface area contributed by atoms with E-state index < -0.39 is 0 Å². The average molecular weight is 345 g/mol. The van der Waals surface area contributed by atoms with Gasteiger partial charge in [-0.1, -0.05) is 19.1 Å². The van der Waals surface area contributed by atoms with Crippen LogP contribution in [0.25, 0.3) is 0 Å². The second-order valence-corrected chi connectivity index (χ2v) is 6.52. The summed E-state index contributed by atoms with van der Waals surface area (Å²) in [5.74, 6) is -0.0907. The van der Waals surface area contributed by atoms with E-state index in [1.165, 1.54) is 6.07 Å². The molecule has 0 aliphatic carbocycles. The molecule has 0 bridgehead atoms. The molecule has 0 unspecified atom stereocenters. The smallest absolute Gasteiger partial charge is 0.257 e. The molecule has 1 aliphatic rings. The number of nitrogens with zero attached hydrogens (tertiary/aromatic N) is 2. The number of amides is 1. The summed E-state index contributed by atoms with van der Waals surface area (Å²) in [5, 5.41) is 6.89. The van der Waals surface area contributed by atoms with Crippen molar-refractivity contribution in [3.8, 4) is 0 Å². The van der Waals surface area contributed by atoms with Crippen molar-refractivity contribution in [2.24, 2.45) is 5.92 Å². The van der Waals surface area contributed by atoms with Crippen LogP contribution in [0.15, 0.2) is 30.5 Å². The zero-order chi connectivity index (χ0) is 17.8. The van der Waals surface area contributed by atoms with Gasteiger partial charge in [0.05, 0.1) is 17.9 Å². The lowest BCUT2D eigenvalue weighted by Gasteiger charge is -2.38. The summed E-state index contributed by atoms with van der Waals surface area (Å²) in [7, 11) is 1.70. The molecule has 1 fully saturated rings. The first-order chi connectivity index (χ1) is 12.1. The molecule has 2 aromatic rings. The van der Waals surface area contributed by atoms with Crippen molar-refractivity contribution in [1.29, 1.82) is 0 Å². The van der Waals surface area contributed by atoms with Gasteiger partial charge in [0, 0.05) is 31.8 Å². The Bertz CT molecular complexity index is 731. The van der Waals surface area contributed by atoms with Crippen LogP contribution in [-0.4, -0.2) is 47.3 Å². The topological polar surface area (TPSA) is 58.2 Å². The molecule has 134 valence electrons. The van der Waals surface area contributed by atoms with E-state index in [2.05, 4.69) is 10.2 Å². The largest absolute Gasteiger partial charge is 0.381 e. The molecule has 1 amide bonds. The van der Waals surface area contributed by atoms with Crippen LogP contribution in [-0.2, 0) is 17.6 Å². The number of hydrogen-bond donors (Lipinski definition) is 1. The van der Waals surface area contributed by atoms with Crippen LogP contribution in [0.2, 0.25) is 0 Å². The molecule has 1 aliphatic heterocycles. The van der Waals surface area contributed by atoms with Crippen molar-refractivity contribution in [2.45, 2.75) is 32.3 Å². The molecule has 6 heteroatoms. The maximum Gasteiger partial charge on any atom is 0.257 e. The Morgan fingerprint density at radius 1 is 1.48 bits per heavy atom. The van der Waals surface area contributed by atoms with E-state index in [0.29, 0.717) is 25.1 Å². The summed E-state index contributed by atoms with van der Waals surface area (Å²) in [5.41, 5.74) is 2.43. The number of H-pyrrole nitrogens is 1. The van der Waals surface area contributed by atoms with Crippen LogP contribution >= 0.6 is 0 Å². The highest BCUT2D eigenvalue weighted by atomic mass is 19.1. The highest BCUT2D eigenvalue weighted by Crippen LogP contribution is 2.25. The molecule has 3 rings (SSSR count). The van der Waals surface area contributed by atoms with Gasteiger partial charge in [0.25, 0.3) is 5.91 Å². The molecule has 25 heavy (non-hydrogen) atoms. The Morgan fingerprint density at radius 2 is 2.32 bits per heavy atom. The van der Waals surface area contributed by atoms with Crippen LogP contribution in [0.1, 0.15) is 35.0 Å². The van der Waals surface area contributed by atoms with E-state index >= 15 is 0 Å². The van der Waals surface area contributed by atoms with Gasteiger partial charge >= 0.3 is 0 Å². The molecule has 1 N–H and O–H groups in total. The van der Waals surface area contributed by atoms with Crippen LogP contribution in [0.3, 0.4) is 0 Å². The van der Waals surface area contributed by atoms with Gasteiger partial charge in [-0.3, -0.25) is 9.89 Å². The van der Waals surface area contributed by atoms with Crippen LogP contribution < -0.4 is 0 Å². The van der Waals surface area contributed by atoms with Crippen molar-refractivity contribution in [2.75, 3.05) is 20.2 Å². The third kappa shape index (κ3) is 3.90. The number of likely N-dealkylation sites (tertiary alicyclic amines) is 1. The van der Waals surface area contributed by atoms with E-state index in [4.69, 9.17) is 4.74 Å². The molecule has 0 saturated carbocycles. The Labute approximate surface area is 147 Å². The lowest BCUT2D eigenvalue weighted by atomic mass is 9.88. The number of aryl methyl sites for hydroxylation is 1. The number of benzene rings is 1. The van der Waals surface area contributed by atoms with Gasteiger partial charge in [0.1, 0.15) is 5.82 Å². The minimum absolute atomic E-state index is 0.00407. The molecule has 1 aromatic heterocycles. The monoisotopic (exact) mass is 345 g/mol. The third-order valence-corrected chi connectivity index (χ3v) is 4.94. The Hall–Kier alpha value is -2.21. The van der Waals surface area contributed by atoms with Gasteiger partial charge in [-0.2, -0.15) is 5.10 Å². The number of hydrogen-bond acceptors (Lipinski definition) is 3. The quantitative estimate of drug-likeness (QED) is 0.906. The minimum atomic E-state index is -0.235. The standard InChI is InChI=1S/C19H24FN3O2/c1-3-17-16(11-21-22-17)19(24)23-8-7-18(25-2)14(12-23)9-13-5-4-6-15(20)10-13/h4-6,10-11,14,18H,3,7-9,12H2,1-2H3,(H,21,22)/t14-,18+/m1/s1. The summed E-state index contributed by atoms with van der Waals surface area (Å²) in [6.07, 6.45) is 3.88.